The topological polar surface area (TPSA) is 3.24 Å². The minimum atomic E-state index is 1.09. The minimum Gasteiger partial charge on any atom is -0.310 e. The standard InChI is InChI=1S/C58H39NS/c1-3-14-40(15-4-1)47-37-48(41-16-5-2-6-17-41)39-51(38-47)59(50-34-30-44(31-35-50)54-25-13-26-56-55-23-9-10-27-57(55)60-58(54)56)49-32-28-42(29-33-49)45-20-11-21-46(36-45)53-24-12-19-43-18-7-8-22-52(43)53/h1-39H. The van der Waals surface area contributed by atoms with Crippen molar-refractivity contribution >= 4 is 59.3 Å². The molecular weight excluding hydrogens is 743 g/mol. The summed E-state index contributed by atoms with van der Waals surface area (Å²) in [5, 5.41) is 5.15. The normalized spacial score (nSPS) is 11.3. The van der Waals surface area contributed by atoms with E-state index in [2.05, 4.69) is 241 Å². The Morgan fingerprint density at radius 1 is 0.267 bits per heavy atom. The smallest absolute Gasteiger partial charge is 0.0473 e. The second-order valence-electron chi connectivity index (χ2n) is 15.3. The second-order valence-corrected chi connectivity index (χ2v) is 16.4. The monoisotopic (exact) mass is 781 g/mol. The van der Waals surface area contributed by atoms with E-state index in [-0.39, 0.29) is 0 Å². The first-order valence-corrected chi connectivity index (χ1v) is 21.3. The fourth-order valence-electron chi connectivity index (χ4n) is 8.69. The van der Waals surface area contributed by atoms with Crippen molar-refractivity contribution in [2.45, 2.75) is 0 Å². The van der Waals surface area contributed by atoms with E-state index < -0.39 is 0 Å². The van der Waals surface area contributed by atoms with Gasteiger partial charge < -0.3 is 4.90 Å². The summed E-state index contributed by atoms with van der Waals surface area (Å²) in [6, 6.07) is 86.1. The summed E-state index contributed by atoms with van der Waals surface area (Å²) < 4.78 is 2.64. The number of nitrogens with zero attached hydrogens (tertiary/aromatic N) is 1. The maximum Gasteiger partial charge on any atom is 0.0473 e. The maximum absolute atomic E-state index is 2.40. The Labute approximate surface area is 354 Å². The molecule has 0 fully saturated rings. The Kier molecular flexibility index (Phi) is 9.11. The summed E-state index contributed by atoms with van der Waals surface area (Å²) in [7, 11) is 0. The molecule has 10 aromatic carbocycles. The van der Waals surface area contributed by atoms with Gasteiger partial charge in [-0.3, -0.25) is 0 Å². The molecule has 0 saturated heterocycles. The highest BCUT2D eigenvalue weighted by atomic mass is 32.1. The zero-order valence-electron chi connectivity index (χ0n) is 32.9. The van der Waals surface area contributed by atoms with Crippen molar-refractivity contribution in [3.8, 4) is 55.6 Å². The molecule has 11 rings (SSSR count). The van der Waals surface area contributed by atoms with Crippen LogP contribution in [0.25, 0.3) is 86.6 Å². The van der Waals surface area contributed by atoms with Crippen LogP contribution < -0.4 is 4.90 Å². The van der Waals surface area contributed by atoms with Crippen molar-refractivity contribution in [1.29, 1.82) is 0 Å². The zero-order chi connectivity index (χ0) is 39.8. The van der Waals surface area contributed by atoms with E-state index in [1.54, 1.807) is 0 Å². The van der Waals surface area contributed by atoms with Gasteiger partial charge in [0.1, 0.15) is 0 Å². The van der Waals surface area contributed by atoms with Crippen LogP contribution in [0.1, 0.15) is 0 Å². The van der Waals surface area contributed by atoms with Gasteiger partial charge in [0.15, 0.2) is 0 Å². The van der Waals surface area contributed by atoms with Crippen LogP contribution >= 0.6 is 11.3 Å². The summed E-state index contributed by atoms with van der Waals surface area (Å²) in [5.41, 5.74) is 15.3. The van der Waals surface area contributed by atoms with Crippen molar-refractivity contribution in [2.75, 3.05) is 4.90 Å². The van der Waals surface area contributed by atoms with Crippen LogP contribution in [0.2, 0.25) is 0 Å². The molecule has 0 spiro atoms. The first kappa shape index (κ1) is 35.6. The molecule has 1 nitrogen and oxygen atoms in total. The van der Waals surface area contributed by atoms with E-state index in [0.717, 1.165) is 17.1 Å². The first-order valence-electron chi connectivity index (χ1n) is 20.5. The molecule has 0 N–H and O–H groups in total. The summed E-state index contributed by atoms with van der Waals surface area (Å²) in [6.45, 7) is 0. The molecule has 0 atom stereocenters. The van der Waals surface area contributed by atoms with Gasteiger partial charge in [0.25, 0.3) is 0 Å². The van der Waals surface area contributed by atoms with E-state index in [1.165, 1.54) is 86.6 Å². The van der Waals surface area contributed by atoms with Crippen LogP contribution in [0.3, 0.4) is 0 Å². The average Bonchev–Trinajstić information content (AvgIpc) is 3.72. The molecule has 0 bridgehead atoms. The number of hydrogen-bond donors (Lipinski definition) is 0. The maximum atomic E-state index is 2.40. The Morgan fingerprint density at radius 2 is 0.750 bits per heavy atom. The molecule has 0 aliphatic carbocycles. The van der Waals surface area contributed by atoms with Crippen molar-refractivity contribution < 1.29 is 0 Å². The van der Waals surface area contributed by atoms with Crippen molar-refractivity contribution in [3.05, 3.63) is 237 Å². The summed E-state index contributed by atoms with van der Waals surface area (Å²) in [5.74, 6) is 0. The zero-order valence-corrected chi connectivity index (χ0v) is 33.7. The lowest BCUT2D eigenvalue weighted by atomic mass is 9.95. The number of anilines is 3. The highest BCUT2D eigenvalue weighted by Gasteiger charge is 2.18. The number of benzene rings is 10. The molecule has 0 aliphatic rings. The SMILES string of the molecule is c1ccc(-c2cc(-c3ccccc3)cc(N(c3ccc(-c4cccc(-c5cccc6ccccc56)c4)cc3)c3ccc(-c4cccc5c4sc4ccccc45)cc3)c2)cc1. The fourth-order valence-corrected chi connectivity index (χ4v) is 9.93. The van der Waals surface area contributed by atoms with Gasteiger partial charge in [-0.15, -0.1) is 11.3 Å². The predicted molar refractivity (Wildman–Crippen MR) is 259 cm³/mol. The molecule has 60 heavy (non-hydrogen) atoms. The average molecular weight is 782 g/mol. The van der Waals surface area contributed by atoms with E-state index in [0.29, 0.717) is 0 Å². The molecule has 1 heterocycles. The molecule has 11 aromatic rings. The summed E-state index contributed by atoms with van der Waals surface area (Å²) >= 11 is 1.88. The first-order chi connectivity index (χ1) is 29.7. The van der Waals surface area contributed by atoms with Gasteiger partial charge in [-0.05, 0) is 121 Å². The van der Waals surface area contributed by atoms with Crippen molar-refractivity contribution in [1.82, 2.24) is 0 Å². The van der Waals surface area contributed by atoms with Gasteiger partial charge in [-0.2, -0.15) is 0 Å². The molecule has 0 radical (unpaired) electrons. The summed E-state index contributed by atoms with van der Waals surface area (Å²) in [4.78, 5) is 2.40. The predicted octanol–water partition coefficient (Wildman–Crippen LogP) is 17.0. The lowest BCUT2D eigenvalue weighted by Gasteiger charge is -2.27. The molecule has 1 aromatic heterocycles. The summed E-state index contributed by atoms with van der Waals surface area (Å²) in [6.07, 6.45) is 0. The van der Waals surface area contributed by atoms with Gasteiger partial charge in [-0.25, -0.2) is 0 Å². The number of rotatable bonds is 8. The molecule has 0 aliphatic heterocycles. The van der Waals surface area contributed by atoms with Crippen LogP contribution in [0, 0.1) is 0 Å². The van der Waals surface area contributed by atoms with Crippen molar-refractivity contribution in [2.24, 2.45) is 0 Å². The number of fused-ring (bicyclic) bond motifs is 4. The van der Waals surface area contributed by atoms with Crippen LogP contribution in [0.5, 0.6) is 0 Å². The van der Waals surface area contributed by atoms with Crippen LogP contribution in [0.15, 0.2) is 237 Å². The van der Waals surface area contributed by atoms with Crippen LogP contribution in [-0.2, 0) is 0 Å². The Bertz CT molecular complexity index is 3230. The fraction of sp³-hybridized carbons (Fsp3) is 0. The third-order valence-corrected chi connectivity index (χ3v) is 12.9. The van der Waals surface area contributed by atoms with Gasteiger partial charge in [0, 0.05) is 37.2 Å². The third kappa shape index (κ3) is 6.63. The second kappa shape index (κ2) is 15.3. The van der Waals surface area contributed by atoms with Crippen LogP contribution in [0.4, 0.5) is 17.1 Å². The molecule has 0 amide bonds. The van der Waals surface area contributed by atoms with E-state index in [4.69, 9.17) is 0 Å². The van der Waals surface area contributed by atoms with Gasteiger partial charge >= 0.3 is 0 Å². The van der Waals surface area contributed by atoms with Gasteiger partial charge in [0.05, 0.1) is 0 Å². The van der Waals surface area contributed by atoms with E-state index in [9.17, 15) is 0 Å². The number of thiophene rings is 1. The lowest BCUT2D eigenvalue weighted by molar-refractivity contribution is 1.28. The van der Waals surface area contributed by atoms with Gasteiger partial charge in [0.2, 0.25) is 0 Å². The van der Waals surface area contributed by atoms with Crippen LogP contribution in [-0.4, -0.2) is 0 Å². The molecule has 2 heteroatoms. The Morgan fingerprint density at radius 3 is 1.47 bits per heavy atom. The largest absolute Gasteiger partial charge is 0.310 e. The van der Waals surface area contributed by atoms with E-state index >= 15 is 0 Å². The molecule has 282 valence electrons. The highest BCUT2D eigenvalue weighted by molar-refractivity contribution is 7.26. The quantitative estimate of drug-likeness (QED) is 0.148. The highest BCUT2D eigenvalue weighted by Crippen LogP contribution is 2.43. The van der Waals surface area contributed by atoms with Gasteiger partial charge in [-0.1, -0.05) is 182 Å². The Balaban J connectivity index is 1.03. The molecule has 0 saturated carbocycles. The molecular formula is C58H39NS. The van der Waals surface area contributed by atoms with E-state index in [1.807, 2.05) is 11.3 Å². The number of hydrogen-bond acceptors (Lipinski definition) is 2. The lowest BCUT2D eigenvalue weighted by Crippen LogP contribution is -2.10. The minimum absolute atomic E-state index is 1.09. The Hall–Kier alpha value is -7.52. The third-order valence-electron chi connectivity index (χ3n) is 11.7. The molecule has 0 unspecified atom stereocenters. The van der Waals surface area contributed by atoms with Crippen molar-refractivity contribution in [3.63, 3.8) is 0 Å².